The summed E-state index contributed by atoms with van der Waals surface area (Å²) in [5.74, 6) is -1.18. The second-order valence-corrected chi connectivity index (χ2v) is 32.5. The van der Waals surface area contributed by atoms with Gasteiger partial charge in [-0.25, -0.2) is 0 Å². The van der Waals surface area contributed by atoms with E-state index in [-0.39, 0.29) is 121 Å². The largest absolute Gasteiger partial charge is 1.00 e. The summed E-state index contributed by atoms with van der Waals surface area (Å²) in [6.45, 7) is 25.2. The Kier molecular flexibility index (Phi) is 20.6. The minimum Gasteiger partial charge on any atom is -0.470 e. The van der Waals surface area contributed by atoms with Crippen molar-refractivity contribution in [3.05, 3.63) is 133 Å². The molecule has 0 spiro atoms. The maximum atomic E-state index is 14.4. The number of hydrogen-bond donors (Lipinski definition) is 0. The van der Waals surface area contributed by atoms with E-state index >= 15 is 0 Å². The molecule has 0 radical (unpaired) electrons. The molecule has 2 heterocycles. The number of hydrogen-bond acceptors (Lipinski definition) is 14. The van der Waals surface area contributed by atoms with Gasteiger partial charge in [0.1, 0.15) is 24.3 Å². The maximum Gasteiger partial charge on any atom is 1.00 e. The van der Waals surface area contributed by atoms with Gasteiger partial charge < -0.3 is 42.2 Å². The van der Waals surface area contributed by atoms with Crippen LogP contribution in [0.3, 0.4) is 0 Å². The van der Waals surface area contributed by atoms with Gasteiger partial charge in [-0.2, -0.15) is 0 Å². The van der Waals surface area contributed by atoms with Crippen molar-refractivity contribution in [2.75, 3.05) is 28.2 Å². The molecule has 18 heteroatoms. The molecule has 0 bridgehead atoms. The molecular weight excluding hydrogens is 1020 g/mol. The number of allylic oxidation sites excluding steroid dienone is 2. The summed E-state index contributed by atoms with van der Waals surface area (Å²) in [6.07, 6.45) is 4.26. The van der Waals surface area contributed by atoms with Gasteiger partial charge in [0.15, 0.2) is 50.9 Å². The number of nitrogens with zero attached hydrogens (tertiary/aromatic N) is 4. The molecule has 0 aliphatic heterocycles. The molecule has 4 aromatic rings. The number of benzene rings is 2. The predicted molar refractivity (Wildman–Crippen MR) is 285 cm³/mol. The molecule has 2 aromatic carbocycles. The number of rotatable bonds is 12. The van der Waals surface area contributed by atoms with Crippen LogP contribution in [0.1, 0.15) is 124 Å². The van der Waals surface area contributed by atoms with E-state index < -0.39 is 51.2 Å². The van der Waals surface area contributed by atoms with Crippen molar-refractivity contribution in [1.29, 1.82) is 0 Å². The van der Waals surface area contributed by atoms with Crippen molar-refractivity contribution in [3.63, 3.8) is 0 Å². The van der Waals surface area contributed by atoms with Crippen molar-refractivity contribution in [2.24, 2.45) is 11.8 Å². The molecule has 2 aromatic heterocycles. The molecule has 0 saturated heterocycles. The van der Waals surface area contributed by atoms with E-state index in [4.69, 9.17) is 27.4 Å². The molecule has 14 nitrogen and oxygen atoms in total. The first-order chi connectivity index (χ1) is 32.6. The molecule has 4 aliphatic rings. The summed E-state index contributed by atoms with van der Waals surface area (Å²) in [5, 5.41) is 7.92. The Bertz CT molecular complexity index is 2520. The second-order valence-electron chi connectivity index (χ2n) is 23.0. The van der Waals surface area contributed by atoms with Crippen molar-refractivity contribution in [2.45, 2.75) is 141 Å². The van der Waals surface area contributed by atoms with Gasteiger partial charge in [0, 0.05) is 11.8 Å². The zero-order chi connectivity index (χ0) is 51.5. The van der Waals surface area contributed by atoms with Crippen molar-refractivity contribution < 1.29 is 82.5 Å². The van der Waals surface area contributed by atoms with Crippen molar-refractivity contribution in [1.82, 2.24) is 20.1 Å². The van der Waals surface area contributed by atoms with E-state index in [2.05, 4.69) is 78.0 Å². The van der Waals surface area contributed by atoms with Crippen LogP contribution in [0.25, 0.3) is 0 Å². The SMILES string of the molecule is CC1=CC(=O)[C@]2(O[Si](C)(C)C(C)(C)C)C(=O)c3c(OCc4ccccc4)noc3[C@@H](N(C)C)[C@@H]2C1.CC1=CC(=O)[C@]2(O[Si](C)(C)C(C)(C)C)C(=O)c3c(OCc4ccccc4)noc3[C@@H](N(C)C)[C@@H]2C1.[CH3-].[CH3-].[Cu+].[Li+]. The van der Waals surface area contributed by atoms with Crippen LogP contribution in [0.5, 0.6) is 11.8 Å². The number of carbonyl (C=O) groups excluding carboxylic acids is 4. The summed E-state index contributed by atoms with van der Waals surface area (Å²) in [4.78, 5) is 60.5. The fourth-order valence-corrected chi connectivity index (χ4v) is 12.7. The first-order valence-electron chi connectivity index (χ1n) is 24.2. The number of carbonyl (C=O) groups is 4. The van der Waals surface area contributed by atoms with E-state index in [0.717, 1.165) is 22.3 Å². The molecule has 0 saturated carbocycles. The molecule has 0 amide bonds. The van der Waals surface area contributed by atoms with Crippen LogP contribution in [0.2, 0.25) is 36.3 Å². The van der Waals surface area contributed by atoms with Gasteiger partial charge in [0.25, 0.3) is 11.8 Å². The maximum absolute atomic E-state index is 14.4. The molecule has 0 N–H and O–H groups in total. The average molecular weight is 1090 g/mol. The van der Waals surface area contributed by atoms with Crippen LogP contribution in [-0.2, 0) is 48.7 Å². The molecule has 8 rings (SSSR count). The van der Waals surface area contributed by atoms with Crippen LogP contribution in [-0.4, -0.2) is 99.3 Å². The van der Waals surface area contributed by atoms with E-state index in [1.165, 1.54) is 0 Å². The minimum atomic E-state index is -2.55. The molecule has 6 atom stereocenters. The van der Waals surface area contributed by atoms with Gasteiger partial charge in [-0.3, -0.25) is 29.0 Å². The fraction of sp³-hybridized carbons (Fsp3) is 0.500. The van der Waals surface area contributed by atoms with Gasteiger partial charge in [0.2, 0.25) is 11.6 Å². The third-order valence-corrected chi connectivity index (χ3v) is 24.3. The fourth-order valence-electron chi connectivity index (χ4n) is 9.78. The zero-order valence-electron chi connectivity index (χ0n) is 47.2. The van der Waals surface area contributed by atoms with Gasteiger partial charge in [-0.1, -0.05) is 113 Å². The van der Waals surface area contributed by atoms with Gasteiger partial charge in [0.05, 0.1) is 12.1 Å². The number of fused-ring (bicyclic) bond motifs is 4. The standard InChI is InChI=1S/2C27H36N2O5Si.2CH3.Cu.Li/c2*1-17-14-19-22(29(5)6)23-21(25(28-33-23)32-16-18-12-10-9-11-13-18)24(31)27(19,20(30)15-17)34-35(7,8)26(2,3)4;;;;/h2*9-13,15,19,22H,14,16H2,1-8H3;2*1H3;;/q;;2*-1;2*+1/t2*19-,22-,27-;;;;/m00..../s1. The van der Waals surface area contributed by atoms with E-state index in [0.29, 0.717) is 24.4 Å². The normalized spacial score (nSPS) is 23.4. The van der Waals surface area contributed by atoms with E-state index in [1.807, 2.05) is 113 Å². The van der Waals surface area contributed by atoms with Crippen LogP contribution < -0.4 is 28.3 Å². The zero-order valence-corrected chi connectivity index (χ0v) is 50.2. The molecule has 0 unspecified atom stereocenters. The Morgan fingerprint density at radius 2 is 0.905 bits per heavy atom. The minimum absolute atomic E-state index is 0. The molecular formula is C56H78CuLiN4O10Si2. The monoisotopic (exact) mass is 1090 g/mol. The molecule has 4 aliphatic carbocycles. The van der Waals surface area contributed by atoms with Crippen LogP contribution in [0.15, 0.2) is 93.0 Å². The quantitative estimate of drug-likeness (QED) is 0.0753. The molecule has 402 valence electrons. The Hall–Kier alpha value is -3.99. The van der Waals surface area contributed by atoms with Gasteiger partial charge in [-0.15, -0.1) is 0 Å². The molecule has 74 heavy (non-hydrogen) atoms. The summed E-state index contributed by atoms with van der Waals surface area (Å²) >= 11 is 0. The third kappa shape index (κ3) is 11.6. The predicted octanol–water partition coefficient (Wildman–Crippen LogP) is 8.60. The summed E-state index contributed by atoms with van der Waals surface area (Å²) < 4.78 is 37.3. The topological polar surface area (TPSA) is 164 Å². The van der Waals surface area contributed by atoms with Crippen LogP contribution in [0, 0.1) is 26.7 Å². The smallest absolute Gasteiger partial charge is 0.470 e. The summed E-state index contributed by atoms with van der Waals surface area (Å²) in [5.41, 5.74) is 0.895. The number of ketones is 4. The van der Waals surface area contributed by atoms with Crippen molar-refractivity contribution >= 4 is 39.8 Å². The van der Waals surface area contributed by atoms with Crippen LogP contribution in [0.4, 0.5) is 0 Å². The number of aromatic nitrogens is 2. The molecule has 0 fully saturated rings. The number of ether oxygens (including phenoxy) is 2. The van der Waals surface area contributed by atoms with E-state index in [1.54, 1.807) is 12.2 Å². The third-order valence-electron chi connectivity index (χ3n) is 15.4. The van der Waals surface area contributed by atoms with E-state index in [9.17, 15) is 19.2 Å². The Morgan fingerprint density at radius 3 is 1.19 bits per heavy atom. The first kappa shape index (κ1) is 64.3. The van der Waals surface area contributed by atoms with Gasteiger partial charge in [-0.05, 0) is 125 Å². The van der Waals surface area contributed by atoms with Gasteiger partial charge >= 0.3 is 35.9 Å². The first-order valence-corrected chi connectivity index (χ1v) is 30.0. The summed E-state index contributed by atoms with van der Waals surface area (Å²) in [7, 11) is 2.59. The Balaban J connectivity index is 0.000000370. The van der Waals surface area contributed by atoms with Crippen LogP contribution >= 0.6 is 0 Å². The summed E-state index contributed by atoms with van der Waals surface area (Å²) in [6, 6.07) is 18.6. The number of Topliss-reactive ketones (excluding diaryl/α,β-unsaturated/α-hetero) is 2. The average Bonchev–Trinajstić information content (AvgIpc) is 3.88. The Labute approximate surface area is 465 Å². The van der Waals surface area contributed by atoms with Crippen molar-refractivity contribution in [3.8, 4) is 11.8 Å². The second kappa shape index (κ2) is 23.7. The Morgan fingerprint density at radius 1 is 0.595 bits per heavy atom.